The lowest BCUT2D eigenvalue weighted by Crippen LogP contribution is -2.25. The molecule has 0 radical (unpaired) electrons. The van der Waals surface area contributed by atoms with Gasteiger partial charge in [0.25, 0.3) is 10.0 Å². The first-order valence-corrected chi connectivity index (χ1v) is 9.93. The number of anilines is 1. The van der Waals surface area contributed by atoms with Crippen molar-refractivity contribution in [1.29, 1.82) is 0 Å². The summed E-state index contributed by atoms with van der Waals surface area (Å²) in [4.78, 5) is 21.3. The minimum atomic E-state index is -3.70. The van der Waals surface area contributed by atoms with Gasteiger partial charge in [-0.15, -0.1) is 11.3 Å². The molecule has 1 amide bonds. The number of nitrogens with zero attached hydrogens (tertiary/aromatic N) is 2. The van der Waals surface area contributed by atoms with Crippen molar-refractivity contribution in [2.75, 3.05) is 19.5 Å². The van der Waals surface area contributed by atoms with Crippen molar-refractivity contribution in [2.24, 2.45) is 0 Å². The highest BCUT2D eigenvalue weighted by Gasteiger charge is 2.20. The number of hydroxylamine groups is 1. The maximum absolute atomic E-state index is 12.1. The third-order valence-corrected chi connectivity index (χ3v) is 6.32. The molecule has 0 fully saturated rings. The molecule has 1 aromatic heterocycles. The summed E-state index contributed by atoms with van der Waals surface area (Å²) < 4.78 is 25.0. The molecule has 0 saturated heterocycles. The predicted octanol–water partition coefficient (Wildman–Crippen LogP) is 2.63. The molecular formula is C16H21N3O4S2. The van der Waals surface area contributed by atoms with Crippen LogP contribution in [0.1, 0.15) is 30.5 Å². The first-order chi connectivity index (χ1) is 11.7. The van der Waals surface area contributed by atoms with Gasteiger partial charge in [-0.05, 0) is 24.3 Å². The summed E-state index contributed by atoms with van der Waals surface area (Å²) in [5.74, 6) is 0.131. The second-order valence-electron chi connectivity index (χ2n) is 5.68. The van der Waals surface area contributed by atoms with Gasteiger partial charge in [0, 0.05) is 24.0 Å². The van der Waals surface area contributed by atoms with E-state index in [0.29, 0.717) is 11.6 Å². The van der Waals surface area contributed by atoms with Crippen LogP contribution in [0.2, 0.25) is 0 Å². The van der Waals surface area contributed by atoms with Crippen LogP contribution in [0.25, 0.3) is 0 Å². The summed E-state index contributed by atoms with van der Waals surface area (Å²) in [6, 6.07) is 5.91. The standard InChI is InChI=1S/C16H21N3O4S2/c1-11(2)16-18-13(10-24-16)9-15(20)17-12-5-7-14(8-6-12)25(21,22)19(3)23-4/h5-8,10-11H,9H2,1-4H3,(H,17,20). The van der Waals surface area contributed by atoms with Gasteiger partial charge >= 0.3 is 0 Å². The summed E-state index contributed by atoms with van der Waals surface area (Å²) in [6.45, 7) is 4.11. The van der Waals surface area contributed by atoms with E-state index in [4.69, 9.17) is 4.84 Å². The second-order valence-corrected chi connectivity index (χ2v) is 8.50. The van der Waals surface area contributed by atoms with Crippen molar-refractivity contribution in [3.8, 4) is 0 Å². The highest BCUT2D eigenvalue weighted by molar-refractivity contribution is 7.89. The molecule has 7 nitrogen and oxygen atoms in total. The van der Waals surface area contributed by atoms with Crippen LogP contribution in [0.5, 0.6) is 0 Å². The average molecular weight is 383 g/mol. The third kappa shape index (κ3) is 4.85. The highest BCUT2D eigenvalue weighted by atomic mass is 32.2. The van der Waals surface area contributed by atoms with Crippen molar-refractivity contribution in [2.45, 2.75) is 31.1 Å². The van der Waals surface area contributed by atoms with Gasteiger partial charge in [0.05, 0.1) is 29.1 Å². The molecule has 2 rings (SSSR count). The third-order valence-electron chi connectivity index (χ3n) is 3.44. The molecule has 1 N–H and O–H groups in total. The lowest BCUT2D eigenvalue weighted by Gasteiger charge is -2.14. The number of thiazole rings is 1. The topological polar surface area (TPSA) is 88.6 Å². The zero-order chi connectivity index (χ0) is 18.6. The molecule has 136 valence electrons. The quantitative estimate of drug-likeness (QED) is 0.743. The molecule has 0 aliphatic carbocycles. The Hall–Kier alpha value is -1.81. The molecule has 1 aromatic carbocycles. The molecule has 0 saturated carbocycles. The highest BCUT2D eigenvalue weighted by Crippen LogP contribution is 2.20. The number of carbonyl (C=O) groups is 1. The maximum Gasteiger partial charge on any atom is 0.264 e. The number of sulfonamides is 1. The van der Waals surface area contributed by atoms with Crippen molar-refractivity contribution in [3.05, 3.63) is 40.3 Å². The van der Waals surface area contributed by atoms with E-state index in [0.717, 1.165) is 15.2 Å². The Kier molecular flexibility index (Phi) is 6.28. The van der Waals surface area contributed by atoms with Crippen molar-refractivity contribution in [3.63, 3.8) is 0 Å². The lowest BCUT2D eigenvalue weighted by molar-refractivity contribution is -0.115. The van der Waals surface area contributed by atoms with E-state index in [-0.39, 0.29) is 17.2 Å². The fourth-order valence-electron chi connectivity index (χ4n) is 2.00. The zero-order valence-corrected chi connectivity index (χ0v) is 16.1. The Bertz CT molecular complexity index is 829. The number of amides is 1. The van der Waals surface area contributed by atoms with Gasteiger partial charge in [-0.2, -0.15) is 0 Å². The second kappa shape index (κ2) is 8.05. The summed E-state index contributed by atoms with van der Waals surface area (Å²) in [5.41, 5.74) is 1.25. The monoisotopic (exact) mass is 383 g/mol. The minimum absolute atomic E-state index is 0.0796. The summed E-state index contributed by atoms with van der Waals surface area (Å²) in [6.07, 6.45) is 0.176. The van der Waals surface area contributed by atoms with Crippen LogP contribution in [0, 0.1) is 0 Å². The van der Waals surface area contributed by atoms with Gasteiger partial charge in [0.15, 0.2) is 0 Å². The van der Waals surface area contributed by atoms with E-state index < -0.39 is 10.0 Å². The van der Waals surface area contributed by atoms with Crippen LogP contribution in [-0.2, 0) is 26.1 Å². The van der Waals surface area contributed by atoms with Gasteiger partial charge in [-0.3, -0.25) is 9.63 Å². The largest absolute Gasteiger partial charge is 0.326 e. The Balaban J connectivity index is 2.02. The normalized spacial score (nSPS) is 11.9. The predicted molar refractivity (Wildman–Crippen MR) is 96.9 cm³/mol. The Morgan fingerprint density at radius 2 is 1.96 bits per heavy atom. The van der Waals surface area contributed by atoms with Crippen molar-refractivity contribution in [1.82, 2.24) is 9.45 Å². The van der Waals surface area contributed by atoms with E-state index in [1.807, 2.05) is 5.38 Å². The molecule has 0 bridgehead atoms. The van der Waals surface area contributed by atoms with Gasteiger partial charge in [-0.1, -0.05) is 18.3 Å². The van der Waals surface area contributed by atoms with Gasteiger partial charge < -0.3 is 5.32 Å². The van der Waals surface area contributed by atoms with Crippen LogP contribution < -0.4 is 5.32 Å². The number of nitrogens with one attached hydrogen (secondary N) is 1. The van der Waals surface area contributed by atoms with Crippen molar-refractivity contribution < 1.29 is 18.0 Å². The van der Waals surface area contributed by atoms with E-state index in [2.05, 4.69) is 24.1 Å². The average Bonchev–Trinajstić information content (AvgIpc) is 3.03. The van der Waals surface area contributed by atoms with Crippen molar-refractivity contribution >= 4 is 33.0 Å². The Morgan fingerprint density at radius 1 is 1.32 bits per heavy atom. The minimum Gasteiger partial charge on any atom is -0.326 e. The SMILES string of the molecule is CON(C)S(=O)(=O)c1ccc(NC(=O)Cc2csc(C(C)C)n2)cc1. The van der Waals surface area contributed by atoms with Gasteiger partial charge in [0.2, 0.25) is 5.91 Å². The molecule has 0 aliphatic rings. The molecule has 9 heteroatoms. The molecule has 2 aromatic rings. The van der Waals surface area contributed by atoms with E-state index in [1.54, 1.807) is 11.3 Å². The Morgan fingerprint density at radius 3 is 2.48 bits per heavy atom. The number of hydrogen-bond acceptors (Lipinski definition) is 6. The summed E-state index contributed by atoms with van der Waals surface area (Å²) >= 11 is 1.54. The van der Waals surface area contributed by atoms with Crippen LogP contribution in [-0.4, -0.2) is 37.9 Å². The lowest BCUT2D eigenvalue weighted by atomic mass is 10.2. The molecule has 25 heavy (non-hydrogen) atoms. The van der Waals surface area contributed by atoms with Crippen LogP contribution in [0.4, 0.5) is 5.69 Å². The molecule has 0 unspecified atom stereocenters. The number of carbonyl (C=O) groups excluding carboxylic acids is 1. The van der Waals surface area contributed by atoms with Gasteiger partial charge in [-0.25, -0.2) is 13.4 Å². The molecule has 0 atom stereocenters. The molecule has 0 aliphatic heterocycles. The van der Waals surface area contributed by atoms with Crippen LogP contribution >= 0.6 is 11.3 Å². The van der Waals surface area contributed by atoms with Crippen LogP contribution in [0.15, 0.2) is 34.5 Å². The van der Waals surface area contributed by atoms with Gasteiger partial charge in [0.1, 0.15) is 0 Å². The maximum atomic E-state index is 12.1. The molecule has 1 heterocycles. The fourth-order valence-corrected chi connectivity index (χ4v) is 3.80. The van der Waals surface area contributed by atoms with Crippen LogP contribution in [0.3, 0.4) is 0 Å². The van der Waals surface area contributed by atoms with E-state index in [9.17, 15) is 13.2 Å². The number of benzene rings is 1. The molecule has 0 spiro atoms. The number of hydrogen-bond donors (Lipinski definition) is 1. The summed E-state index contributed by atoms with van der Waals surface area (Å²) in [5, 5.41) is 5.62. The first kappa shape index (κ1) is 19.5. The molecular weight excluding hydrogens is 362 g/mol. The number of rotatable bonds is 7. The zero-order valence-electron chi connectivity index (χ0n) is 14.5. The fraction of sp³-hybridized carbons (Fsp3) is 0.375. The van der Waals surface area contributed by atoms with E-state index >= 15 is 0 Å². The summed E-state index contributed by atoms with van der Waals surface area (Å²) in [7, 11) is -1.12. The number of aromatic nitrogens is 1. The first-order valence-electron chi connectivity index (χ1n) is 7.61. The smallest absolute Gasteiger partial charge is 0.264 e. The van der Waals surface area contributed by atoms with E-state index in [1.165, 1.54) is 38.4 Å². The Labute approximate surface area is 151 Å².